The molecule has 1 aromatic heterocycles. The van der Waals surface area contributed by atoms with Gasteiger partial charge in [-0.3, -0.25) is 20.3 Å². The molecule has 27 heavy (non-hydrogen) atoms. The number of carbonyl (C=O) groups excluding carboxylic acids is 1. The quantitative estimate of drug-likeness (QED) is 0.411. The van der Waals surface area contributed by atoms with Crippen molar-refractivity contribution in [2.45, 2.75) is 6.54 Å². The lowest BCUT2D eigenvalue weighted by molar-refractivity contribution is -0.384. The number of nitro benzene ring substituents is 1. The van der Waals surface area contributed by atoms with Crippen LogP contribution in [0.3, 0.4) is 0 Å². The van der Waals surface area contributed by atoms with Gasteiger partial charge in [-0.25, -0.2) is 0 Å². The van der Waals surface area contributed by atoms with Crippen molar-refractivity contribution in [3.63, 3.8) is 0 Å². The van der Waals surface area contributed by atoms with Crippen LogP contribution in [0.5, 0.6) is 5.75 Å². The highest BCUT2D eigenvalue weighted by Gasteiger charge is 2.14. The number of ketones is 1. The molecule has 0 amide bonds. The Hall–Kier alpha value is -3.68. The minimum atomic E-state index is -0.464. The van der Waals surface area contributed by atoms with Crippen molar-refractivity contribution in [1.82, 2.24) is 9.13 Å². The molecule has 0 radical (unpaired) electrons. The first-order valence-corrected chi connectivity index (χ1v) is 8.13. The fraction of sp³-hybridized carbons (Fsp3) is 0.158. The third-order valence-electron chi connectivity index (χ3n) is 4.29. The molecule has 0 aliphatic rings. The van der Waals surface area contributed by atoms with Gasteiger partial charge < -0.3 is 13.9 Å². The minimum Gasteiger partial charge on any atom is -0.497 e. The van der Waals surface area contributed by atoms with Crippen molar-refractivity contribution < 1.29 is 14.5 Å². The average Bonchev–Trinajstić information content (AvgIpc) is 2.96. The smallest absolute Gasteiger partial charge is 0.270 e. The molecule has 0 spiro atoms. The van der Waals surface area contributed by atoms with Gasteiger partial charge in [0.1, 0.15) is 5.75 Å². The predicted octanol–water partition coefficient (Wildman–Crippen LogP) is 2.77. The van der Waals surface area contributed by atoms with Crippen molar-refractivity contribution in [3.8, 4) is 17.0 Å². The number of nitrogens with zero attached hydrogens (tertiary/aromatic N) is 3. The van der Waals surface area contributed by atoms with Gasteiger partial charge >= 0.3 is 0 Å². The molecule has 0 aliphatic heterocycles. The van der Waals surface area contributed by atoms with E-state index in [1.807, 2.05) is 0 Å². The van der Waals surface area contributed by atoms with Gasteiger partial charge in [-0.15, -0.1) is 0 Å². The molecule has 8 heteroatoms. The van der Waals surface area contributed by atoms with Crippen LogP contribution in [0.25, 0.3) is 11.3 Å². The number of non-ortho nitro benzene ring substituents is 1. The Morgan fingerprint density at radius 3 is 2.67 bits per heavy atom. The molecule has 1 heterocycles. The van der Waals surface area contributed by atoms with E-state index in [-0.39, 0.29) is 23.6 Å². The molecule has 0 saturated heterocycles. The van der Waals surface area contributed by atoms with Crippen LogP contribution in [0.2, 0.25) is 0 Å². The molecule has 0 aliphatic carbocycles. The zero-order valence-corrected chi connectivity index (χ0v) is 14.9. The van der Waals surface area contributed by atoms with E-state index in [9.17, 15) is 14.9 Å². The molecule has 138 valence electrons. The Morgan fingerprint density at radius 2 is 1.96 bits per heavy atom. The van der Waals surface area contributed by atoms with E-state index >= 15 is 0 Å². The van der Waals surface area contributed by atoms with E-state index in [0.29, 0.717) is 22.6 Å². The fourth-order valence-corrected chi connectivity index (χ4v) is 2.81. The third-order valence-corrected chi connectivity index (χ3v) is 4.29. The standard InChI is InChI=1S/C19H18N4O4/c1-21-17(13-5-3-7-15(9-13)23(25)26)11-22(19(21)20)12-18(24)14-6-4-8-16(10-14)27-2/h3-11,20H,12H2,1-2H3. The number of rotatable bonds is 6. The highest BCUT2D eigenvalue weighted by atomic mass is 16.6. The molecular formula is C19H18N4O4. The summed E-state index contributed by atoms with van der Waals surface area (Å²) in [4.78, 5) is 23.1. The van der Waals surface area contributed by atoms with E-state index in [4.69, 9.17) is 10.1 Å². The molecule has 0 saturated carbocycles. The summed E-state index contributed by atoms with van der Waals surface area (Å²) >= 11 is 0. The predicted molar refractivity (Wildman–Crippen MR) is 98.7 cm³/mol. The van der Waals surface area contributed by atoms with E-state index in [1.54, 1.807) is 54.2 Å². The summed E-state index contributed by atoms with van der Waals surface area (Å²) in [5.74, 6) is 0.422. The van der Waals surface area contributed by atoms with E-state index in [1.165, 1.54) is 23.8 Å². The number of nitro groups is 1. The Kier molecular flexibility index (Phi) is 4.89. The third kappa shape index (κ3) is 3.64. The van der Waals surface area contributed by atoms with Crippen LogP contribution in [0.15, 0.2) is 54.7 Å². The van der Waals surface area contributed by atoms with Crippen molar-refractivity contribution in [3.05, 3.63) is 76.0 Å². The molecule has 1 N–H and O–H groups in total. The summed E-state index contributed by atoms with van der Waals surface area (Å²) in [5, 5.41) is 19.3. The van der Waals surface area contributed by atoms with Crippen molar-refractivity contribution in [2.24, 2.45) is 7.05 Å². The number of hydrogen-bond acceptors (Lipinski definition) is 5. The number of ether oxygens (including phenoxy) is 1. The van der Waals surface area contributed by atoms with Gasteiger partial charge in [0.25, 0.3) is 5.69 Å². The van der Waals surface area contributed by atoms with E-state index < -0.39 is 4.92 Å². The summed E-state index contributed by atoms with van der Waals surface area (Å²) in [6.07, 6.45) is 1.65. The van der Waals surface area contributed by atoms with Crippen LogP contribution in [0, 0.1) is 15.5 Å². The number of hydrogen-bond donors (Lipinski definition) is 1. The first kappa shape index (κ1) is 18.1. The second kappa shape index (κ2) is 7.28. The Bertz CT molecular complexity index is 1080. The number of carbonyl (C=O) groups is 1. The van der Waals surface area contributed by atoms with Crippen LogP contribution in [0.4, 0.5) is 5.69 Å². The van der Waals surface area contributed by atoms with Crippen LogP contribution in [0.1, 0.15) is 10.4 Å². The summed E-state index contributed by atoms with van der Waals surface area (Å²) in [7, 11) is 3.21. The van der Waals surface area contributed by atoms with Gasteiger partial charge in [-0.2, -0.15) is 0 Å². The second-order valence-electron chi connectivity index (χ2n) is 5.99. The molecule has 0 bridgehead atoms. The van der Waals surface area contributed by atoms with Gasteiger partial charge in [0, 0.05) is 36.5 Å². The van der Waals surface area contributed by atoms with Gasteiger partial charge in [0.2, 0.25) is 5.62 Å². The zero-order valence-electron chi connectivity index (χ0n) is 14.9. The maximum atomic E-state index is 12.6. The number of imidazole rings is 1. The molecule has 0 unspecified atom stereocenters. The Morgan fingerprint density at radius 1 is 1.22 bits per heavy atom. The number of benzene rings is 2. The molecule has 0 fully saturated rings. The van der Waals surface area contributed by atoms with E-state index in [2.05, 4.69) is 0 Å². The SMILES string of the molecule is COc1cccc(C(=O)Cn2cc(-c3cccc([N+](=O)[O-])c3)n(C)c2=N)c1. The first-order chi connectivity index (χ1) is 12.9. The number of nitrogens with one attached hydrogen (secondary N) is 1. The van der Waals surface area contributed by atoms with Crippen LogP contribution in [-0.2, 0) is 13.6 Å². The van der Waals surface area contributed by atoms with Crippen LogP contribution >= 0.6 is 0 Å². The van der Waals surface area contributed by atoms with Gasteiger partial charge in [-0.1, -0.05) is 24.3 Å². The lowest BCUT2D eigenvalue weighted by Crippen LogP contribution is -2.25. The topological polar surface area (TPSA) is 103 Å². The summed E-state index contributed by atoms with van der Waals surface area (Å²) < 4.78 is 8.23. The zero-order chi connectivity index (χ0) is 19.6. The first-order valence-electron chi connectivity index (χ1n) is 8.13. The largest absolute Gasteiger partial charge is 0.497 e. The minimum absolute atomic E-state index is 0.0191. The van der Waals surface area contributed by atoms with Gasteiger partial charge in [0.15, 0.2) is 5.78 Å². The maximum absolute atomic E-state index is 12.6. The summed E-state index contributed by atoms with van der Waals surface area (Å²) in [6, 6.07) is 13.0. The lowest BCUT2D eigenvalue weighted by atomic mass is 10.1. The Labute approximate surface area is 154 Å². The highest BCUT2D eigenvalue weighted by molar-refractivity contribution is 5.96. The van der Waals surface area contributed by atoms with E-state index in [0.717, 1.165) is 0 Å². The van der Waals surface area contributed by atoms with Crippen molar-refractivity contribution in [2.75, 3.05) is 7.11 Å². The summed E-state index contributed by atoms with van der Waals surface area (Å²) in [6.45, 7) is -0.0191. The molecule has 2 aromatic carbocycles. The molecule has 0 atom stereocenters. The number of Topliss-reactive ketones (excluding diaryl/α,β-unsaturated/α-hetero) is 1. The van der Waals surface area contributed by atoms with Crippen LogP contribution < -0.4 is 10.4 Å². The lowest BCUT2D eigenvalue weighted by Gasteiger charge is -2.04. The van der Waals surface area contributed by atoms with Crippen molar-refractivity contribution >= 4 is 11.5 Å². The molecular weight excluding hydrogens is 348 g/mol. The fourth-order valence-electron chi connectivity index (χ4n) is 2.81. The number of methoxy groups -OCH3 is 1. The molecule has 3 aromatic rings. The van der Waals surface area contributed by atoms with Crippen molar-refractivity contribution in [1.29, 1.82) is 5.41 Å². The molecule has 8 nitrogen and oxygen atoms in total. The second-order valence-corrected chi connectivity index (χ2v) is 5.99. The highest BCUT2D eigenvalue weighted by Crippen LogP contribution is 2.23. The summed E-state index contributed by atoms with van der Waals surface area (Å²) in [5.41, 5.74) is 1.80. The Balaban J connectivity index is 1.93. The average molecular weight is 366 g/mol. The number of aromatic nitrogens is 2. The van der Waals surface area contributed by atoms with Crippen LogP contribution in [-0.4, -0.2) is 27.0 Å². The molecule has 3 rings (SSSR count). The monoisotopic (exact) mass is 366 g/mol. The van der Waals surface area contributed by atoms with Gasteiger partial charge in [-0.05, 0) is 12.1 Å². The normalized spacial score (nSPS) is 10.6. The van der Waals surface area contributed by atoms with Gasteiger partial charge in [0.05, 0.1) is 24.3 Å². The maximum Gasteiger partial charge on any atom is 0.270 e.